The van der Waals surface area contributed by atoms with E-state index in [0.29, 0.717) is 22.4 Å². The topological polar surface area (TPSA) is 43.9 Å². The van der Waals surface area contributed by atoms with Crippen LogP contribution in [0.25, 0.3) is 72.4 Å². The van der Waals surface area contributed by atoms with Gasteiger partial charge in [0.25, 0.3) is 0 Å². The predicted octanol–water partition coefficient (Wildman–Crippen LogP) is 14.3. The van der Waals surface area contributed by atoms with Gasteiger partial charge in [-0.3, -0.25) is 4.98 Å². The Hall–Kier alpha value is -5.85. The van der Waals surface area contributed by atoms with Gasteiger partial charge in [0.1, 0.15) is 5.58 Å². The van der Waals surface area contributed by atoms with Gasteiger partial charge < -0.3 is 8.98 Å². The maximum Gasteiger partial charge on any atom is 0 e. The summed E-state index contributed by atoms with van der Waals surface area (Å²) >= 11 is -2.42. The fourth-order valence-corrected chi connectivity index (χ4v) is 11.0. The minimum absolute atomic E-state index is 0. The molecular formula is C57H51GeIrN3O-2. The van der Waals surface area contributed by atoms with Crippen molar-refractivity contribution in [2.75, 3.05) is 0 Å². The van der Waals surface area contributed by atoms with Gasteiger partial charge in [-0.1, -0.05) is 111 Å². The first-order chi connectivity index (χ1) is 31.9. The van der Waals surface area contributed by atoms with Crippen molar-refractivity contribution >= 4 is 50.6 Å². The molecule has 0 aliphatic heterocycles. The average molecular weight is 1060 g/mol. The molecular weight excluding hydrogens is 1010 g/mol. The molecule has 10 aromatic rings. The van der Waals surface area contributed by atoms with Crippen LogP contribution in [-0.2, 0) is 31.9 Å². The number of aryl methyl sites for hydroxylation is 1. The second-order valence-corrected chi connectivity index (χ2v) is 28.2. The van der Waals surface area contributed by atoms with Gasteiger partial charge in [0.2, 0.25) is 0 Å². The summed E-state index contributed by atoms with van der Waals surface area (Å²) in [5, 5.41) is 2.17. The molecule has 0 aliphatic rings. The van der Waals surface area contributed by atoms with Crippen LogP contribution in [0.5, 0.6) is 0 Å². The third-order valence-electron chi connectivity index (χ3n) is 11.1. The van der Waals surface area contributed by atoms with E-state index in [2.05, 4.69) is 145 Å². The van der Waals surface area contributed by atoms with Crippen molar-refractivity contribution < 1.29 is 31.4 Å². The number of furan rings is 1. The summed E-state index contributed by atoms with van der Waals surface area (Å²) < 4.78 is 50.1. The molecule has 315 valence electrons. The minimum Gasteiger partial charge on any atom is 0 e. The molecule has 0 N–H and O–H groups in total. The predicted molar refractivity (Wildman–Crippen MR) is 262 cm³/mol. The van der Waals surface area contributed by atoms with Gasteiger partial charge in [-0.05, 0) is 34.7 Å². The van der Waals surface area contributed by atoms with E-state index >= 15 is 0 Å². The van der Waals surface area contributed by atoms with E-state index in [1.807, 2.05) is 42.5 Å². The first-order valence-electron chi connectivity index (χ1n) is 23.5. The molecule has 4 nitrogen and oxygen atoms in total. The first kappa shape index (κ1) is 37.7. The van der Waals surface area contributed by atoms with Crippen LogP contribution < -0.4 is 4.40 Å². The van der Waals surface area contributed by atoms with Gasteiger partial charge in [0, 0.05) is 31.1 Å². The van der Waals surface area contributed by atoms with Crippen molar-refractivity contribution in [3.63, 3.8) is 0 Å². The molecule has 0 bridgehead atoms. The molecule has 0 atom stereocenters. The zero-order valence-electron chi connectivity index (χ0n) is 41.2. The standard InChI is InChI=1S/C35H27N2O.C22H24GeN.Ir/c1-35(2,3)28-19-12-16-24(23-13-5-4-6-14-23)32(28)37-30-21-9-8-20-29(30)36-34(37)27-18-11-17-26-25-15-7-10-22-31(25)38-33(26)27;1-17-10-12-19(13-11-17)22-15-20(14-18-8-6-5-7-9-18)21(16-24-22)23(2,3)4;/h4-17,19-22H,1-3H3;5-12,15-16H,14H2,1-4H3;/q2*-1;/i;1D3,14D2;. The van der Waals surface area contributed by atoms with Crippen LogP contribution in [0.15, 0.2) is 174 Å². The third-order valence-corrected chi connectivity index (χ3v) is 15.4. The Bertz CT molecular complexity index is 3390. The molecule has 3 aromatic heterocycles. The van der Waals surface area contributed by atoms with Crippen molar-refractivity contribution in [2.24, 2.45) is 0 Å². The number of imidazole rings is 1. The van der Waals surface area contributed by atoms with Gasteiger partial charge in [-0.15, -0.1) is 18.2 Å². The van der Waals surface area contributed by atoms with Crippen molar-refractivity contribution in [1.82, 2.24) is 14.5 Å². The van der Waals surface area contributed by atoms with Crippen LogP contribution >= 0.6 is 0 Å². The maximum atomic E-state index is 8.89. The van der Waals surface area contributed by atoms with Crippen LogP contribution in [0, 0.1) is 19.0 Å². The number of rotatable bonds is 7. The zero-order chi connectivity index (χ0) is 47.3. The van der Waals surface area contributed by atoms with Crippen LogP contribution in [0.2, 0.25) is 17.3 Å². The number of hydrogen-bond acceptors (Lipinski definition) is 3. The molecule has 0 unspecified atom stereocenters. The first-order valence-corrected chi connectivity index (χ1v) is 28.3. The Morgan fingerprint density at radius 2 is 1.49 bits per heavy atom. The van der Waals surface area contributed by atoms with Gasteiger partial charge >= 0.3 is 155 Å². The van der Waals surface area contributed by atoms with E-state index in [4.69, 9.17) is 16.3 Å². The molecule has 0 saturated heterocycles. The fraction of sp³-hybridized carbons (Fsp3) is 0.158. The summed E-state index contributed by atoms with van der Waals surface area (Å²) in [4.78, 5) is 9.79. The second kappa shape index (κ2) is 18.1. The monoisotopic (exact) mass is 1070 g/mol. The summed E-state index contributed by atoms with van der Waals surface area (Å²) in [6.45, 7) is 4.63. The molecule has 0 fully saturated rings. The largest absolute Gasteiger partial charge is 0 e. The van der Waals surface area contributed by atoms with Crippen LogP contribution in [0.3, 0.4) is 0 Å². The quantitative estimate of drug-likeness (QED) is 0.118. The molecule has 7 aromatic carbocycles. The SMILES string of the molecule is CC(C)(C)c1cccc(-c2ccccc2)c1-n1c(-c2[c-]ccc3c2oc2ccccc23)nc2ccccc21.[2H]C([2H])([2H])c1c[c-]c(-c2cc(C([2H])([2H])c3ccccc3)[c]([Ge]([CH3])([CH3])[CH3])cn2)cc1.[Ir]. The van der Waals surface area contributed by atoms with Crippen LogP contribution in [0.1, 0.15) is 49.9 Å². The summed E-state index contributed by atoms with van der Waals surface area (Å²) in [6, 6.07) is 60.0. The summed E-state index contributed by atoms with van der Waals surface area (Å²) in [7, 11) is 0. The van der Waals surface area contributed by atoms with E-state index in [-0.39, 0.29) is 31.1 Å². The molecule has 0 amide bonds. The van der Waals surface area contributed by atoms with Crippen molar-refractivity contribution in [3.8, 4) is 39.5 Å². The number of pyridine rings is 1. The average Bonchev–Trinajstić information content (AvgIpc) is 3.90. The van der Waals surface area contributed by atoms with E-state index in [9.17, 15) is 0 Å². The molecule has 63 heavy (non-hydrogen) atoms. The minimum atomic E-state index is -2.42. The Morgan fingerprint density at radius 3 is 2.22 bits per heavy atom. The van der Waals surface area contributed by atoms with Crippen LogP contribution in [0.4, 0.5) is 0 Å². The number of nitrogens with zero attached hydrogens (tertiary/aromatic N) is 3. The number of aromatic nitrogens is 3. The van der Waals surface area contributed by atoms with E-state index < -0.39 is 26.5 Å². The number of benzene rings is 7. The van der Waals surface area contributed by atoms with Gasteiger partial charge in [-0.25, -0.2) is 0 Å². The van der Waals surface area contributed by atoms with Crippen molar-refractivity contribution in [1.29, 1.82) is 0 Å². The molecule has 0 spiro atoms. The fourth-order valence-electron chi connectivity index (χ4n) is 8.08. The molecule has 0 saturated carbocycles. The van der Waals surface area contributed by atoms with E-state index in [1.165, 1.54) is 22.8 Å². The van der Waals surface area contributed by atoms with E-state index in [1.54, 1.807) is 36.5 Å². The molecule has 10 rings (SSSR count). The second-order valence-electron chi connectivity index (χ2n) is 17.6. The number of fused-ring (bicyclic) bond motifs is 4. The molecule has 3 heterocycles. The number of hydrogen-bond donors (Lipinski definition) is 0. The Morgan fingerprint density at radius 1 is 0.762 bits per heavy atom. The molecule has 0 aliphatic carbocycles. The van der Waals surface area contributed by atoms with Gasteiger partial charge in [0.15, 0.2) is 0 Å². The Kier molecular flexibility index (Phi) is 10.8. The molecule has 1 radical (unpaired) electrons. The van der Waals surface area contributed by atoms with Crippen molar-refractivity contribution in [2.45, 2.75) is 56.7 Å². The third kappa shape index (κ3) is 9.01. The normalized spacial score (nSPS) is 13.3. The zero-order valence-corrected chi connectivity index (χ0v) is 40.7. The van der Waals surface area contributed by atoms with E-state index in [0.717, 1.165) is 54.4 Å². The van der Waals surface area contributed by atoms with Gasteiger partial charge in [0.05, 0.1) is 28.1 Å². The van der Waals surface area contributed by atoms with Crippen LogP contribution in [-0.4, -0.2) is 27.8 Å². The molecule has 6 heteroatoms. The Balaban J connectivity index is 0.000000188. The smallest absolute Gasteiger partial charge is 0 e. The summed E-state index contributed by atoms with van der Waals surface area (Å²) in [6.07, 6.45) is 0.141. The Labute approximate surface area is 394 Å². The summed E-state index contributed by atoms with van der Waals surface area (Å²) in [5.41, 5.74) is 11.8. The maximum absolute atomic E-state index is 8.89. The summed E-state index contributed by atoms with van der Waals surface area (Å²) in [5.74, 6) is 7.49. The van der Waals surface area contributed by atoms with Crippen molar-refractivity contribution in [3.05, 3.63) is 204 Å². The van der Waals surface area contributed by atoms with Gasteiger partial charge in [-0.2, -0.15) is 0 Å². The number of para-hydroxylation sites is 4.